The lowest BCUT2D eigenvalue weighted by Crippen LogP contribution is -2.45. The van der Waals surface area contributed by atoms with Crippen molar-refractivity contribution in [2.24, 2.45) is 0 Å². The molecule has 1 aromatic carbocycles. The van der Waals surface area contributed by atoms with Crippen LogP contribution in [0.2, 0.25) is 0 Å². The largest absolute Gasteiger partial charge is 0.490 e. The number of hydrogen-bond acceptors (Lipinski definition) is 5. The highest BCUT2D eigenvalue weighted by atomic mass is 16.5. The predicted octanol–water partition coefficient (Wildman–Crippen LogP) is 2.20. The standard InChI is InChI=1S/C19H22N4O2/c1-13-10-15-11-14(2-3-17(15)25-13)19(24)22-16-4-8-23(9-5-16)18-12-20-6-7-21-18/h2-3,6-7,11-13,16H,4-5,8-10H2,1H3,(H,22,24)/t13-/m1/s1. The van der Waals surface area contributed by atoms with Crippen molar-refractivity contribution in [3.63, 3.8) is 0 Å². The van der Waals surface area contributed by atoms with Crippen molar-refractivity contribution in [3.05, 3.63) is 47.9 Å². The van der Waals surface area contributed by atoms with Gasteiger partial charge in [0.15, 0.2) is 0 Å². The summed E-state index contributed by atoms with van der Waals surface area (Å²) in [7, 11) is 0. The first kappa shape index (κ1) is 15.9. The number of ether oxygens (including phenoxy) is 1. The molecule has 1 saturated heterocycles. The van der Waals surface area contributed by atoms with Crippen molar-refractivity contribution >= 4 is 11.7 Å². The summed E-state index contributed by atoms with van der Waals surface area (Å²) in [6.07, 6.45) is 8.06. The summed E-state index contributed by atoms with van der Waals surface area (Å²) in [5.41, 5.74) is 1.84. The van der Waals surface area contributed by atoms with Crippen LogP contribution in [0.25, 0.3) is 0 Å². The Labute approximate surface area is 147 Å². The Morgan fingerprint density at radius 2 is 2.12 bits per heavy atom. The van der Waals surface area contributed by atoms with Crippen molar-refractivity contribution in [2.75, 3.05) is 18.0 Å². The molecule has 6 heteroatoms. The maximum Gasteiger partial charge on any atom is 0.251 e. The summed E-state index contributed by atoms with van der Waals surface area (Å²) in [5, 5.41) is 3.17. The van der Waals surface area contributed by atoms with Crippen molar-refractivity contribution in [1.82, 2.24) is 15.3 Å². The third kappa shape index (κ3) is 3.43. The van der Waals surface area contributed by atoms with Crippen LogP contribution >= 0.6 is 0 Å². The van der Waals surface area contributed by atoms with Gasteiger partial charge in [-0.1, -0.05) is 0 Å². The van der Waals surface area contributed by atoms with Crippen LogP contribution in [-0.2, 0) is 6.42 Å². The van der Waals surface area contributed by atoms with Gasteiger partial charge < -0.3 is 15.0 Å². The second-order valence-electron chi connectivity index (χ2n) is 6.75. The number of carbonyl (C=O) groups excluding carboxylic acids is 1. The monoisotopic (exact) mass is 338 g/mol. The van der Waals surface area contributed by atoms with E-state index in [9.17, 15) is 4.79 Å². The summed E-state index contributed by atoms with van der Waals surface area (Å²) >= 11 is 0. The minimum absolute atomic E-state index is 0.000283. The minimum Gasteiger partial charge on any atom is -0.490 e. The molecule has 0 saturated carbocycles. The highest BCUT2D eigenvalue weighted by Crippen LogP contribution is 2.29. The van der Waals surface area contributed by atoms with Gasteiger partial charge in [-0.3, -0.25) is 9.78 Å². The fraction of sp³-hybridized carbons (Fsp3) is 0.421. The fourth-order valence-corrected chi connectivity index (χ4v) is 3.54. The lowest BCUT2D eigenvalue weighted by atomic mass is 10.0. The van der Waals surface area contributed by atoms with Crippen LogP contribution in [-0.4, -0.2) is 41.1 Å². The van der Waals surface area contributed by atoms with Crippen LogP contribution < -0.4 is 15.0 Å². The topological polar surface area (TPSA) is 67.4 Å². The molecule has 25 heavy (non-hydrogen) atoms. The molecule has 2 aliphatic heterocycles. The Kier molecular flexibility index (Phi) is 4.26. The van der Waals surface area contributed by atoms with E-state index in [0.29, 0.717) is 5.56 Å². The zero-order valence-corrected chi connectivity index (χ0v) is 14.3. The molecule has 1 aromatic heterocycles. The average molecular weight is 338 g/mol. The number of nitrogens with zero attached hydrogens (tertiary/aromatic N) is 3. The minimum atomic E-state index is 0.000283. The van der Waals surface area contributed by atoms with Crippen molar-refractivity contribution < 1.29 is 9.53 Å². The number of rotatable bonds is 3. The fourth-order valence-electron chi connectivity index (χ4n) is 3.54. The first-order chi connectivity index (χ1) is 12.2. The van der Waals surface area contributed by atoms with E-state index in [0.717, 1.165) is 49.5 Å². The molecule has 0 radical (unpaired) electrons. The second-order valence-corrected chi connectivity index (χ2v) is 6.75. The number of anilines is 1. The van der Waals surface area contributed by atoms with Gasteiger partial charge in [0.2, 0.25) is 0 Å². The van der Waals surface area contributed by atoms with Gasteiger partial charge in [-0.05, 0) is 43.5 Å². The molecule has 6 nitrogen and oxygen atoms in total. The molecule has 1 fully saturated rings. The van der Waals surface area contributed by atoms with Crippen molar-refractivity contribution in [1.29, 1.82) is 0 Å². The van der Waals surface area contributed by atoms with E-state index >= 15 is 0 Å². The third-order valence-corrected chi connectivity index (χ3v) is 4.86. The number of piperidine rings is 1. The summed E-state index contributed by atoms with van der Waals surface area (Å²) in [6.45, 7) is 3.79. The summed E-state index contributed by atoms with van der Waals surface area (Å²) in [6, 6.07) is 5.91. The Balaban J connectivity index is 1.34. The van der Waals surface area contributed by atoms with Gasteiger partial charge in [-0.15, -0.1) is 0 Å². The van der Waals surface area contributed by atoms with E-state index < -0.39 is 0 Å². The highest BCUT2D eigenvalue weighted by molar-refractivity contribution is 5.94. The van der Waals surface area contributed by atoms with Crippen molar-refractivity contribution in [2.45, 2.75) is 38.3 Å². The summed E-state index contributed by atoms with van der Waals surface area (Å²) in [5.74, 6) is 1.81. The van der Waals surface area contributed by atoms with Gasteiger partial charge in [0.25, 0.3) is 5.91 Å². The zero-order valence-electron chi connectivity index (χ0n) is 14.3. The molecule has 0 spiro atoms. The molecule has 1 amide bonds. The maximum atomic E-state index is 12.6. The molecule has 2 aromatic rings. The highest BCUT2D eigenvalue weighted by Gasteiger charge is 2.24. The van der Waals surface area contributed by atoms with Gasteiger partial charge in [-0.25, -0.2) is 4.98 Å². The zero-order chi connectivity index (χ0) is 17.2. The maximum absolute atomic E-state index is 12.6. The molecule has 3 heterocycles. The van der Waals surface area contributed by atoms with Crippen LogP contribution in [0.15, 0.2) is 36.8 Å². The van der Waals surface area contributed by atoms with Gasteiger partial charge in [0.05, 0.1) is 6.20 Å². The Morgan fingerprint density at radius 1 is 1.28 bits per heavy atom. The van der Waals surface area contributed by atoms with Gasteiger partial charge in [0.1, 0.15) is 17.7 Å². The Bertz CT molecular complexity index is 757. The van der Waals surface area contributed by atoms with Crippen LogP contribution in [0, 0.1) is 0 Å². The van der Waals surface area contributed by atoms with E-state index in [-0.39, 0.29) is 18.1 Å². The predicted molar refractivity (Wildman–Crippen MR) is 95.0 cm³/mol. The van der Waals surface area contributed by atoms with Gasteiger partial charge >= 0.3 is 0 Å². The van der Waals surface area contributed by atoms with E-state index in [1.165, 1.54) is 0 Å². The number of carbonyl (C=O) groups is 1. The molecular formula is C19H22N4O2. The molecule has 4 rings (SSSR count). The summed E-state index contributed by atoms with van der Waals surface area (Å²) < 4.78 is 5.70. The summed E-state index contributed by atoms with van der Waals surface area (Å²) in [4.78, 5) is 23.2. The quantitative estimate of drug-likeness (QED) is 0.929. The third-order valence-electron chi connectivity index (χ3n) is 4.86. The molecule has 1 N–H and O–H groups in total. The Hall–Kier alpha value is -2.63. The van der Waals surface area contributed by atoms with Gasteiger partial charge in [-0.2, -0.15) is 0 Å². The number of amides is 1. The average Bonchev–Trinajstić information content (AvgIpc) is 3.02. The molecule has 0 bridgehead atoms. The number of fused-ring (bicyclic) bond motifs is 1. The molecule has 0 aliphatic carbocycles. The smallest absolute Gasteiger partial charge is 0.251 e. The number of hydrogen-bond donors (Lipinski definition) is 1. The van der Waals surface area contributed by atoms with Crippen LogP contribution in [0.5, 0.6) is 5.75 Å². The second kappa shape index (κ2) is 6.70. The van der Waals surface area contributed by atoms with E-state index in [1.807, 2.05) is 25.1 Å². The first-order valence-electron chi connectivity index (χ1n) is 8.80. The van der Waals surface area contributed by atoms with E-state index in [4.69, 9.17) is 4.74 Å². The van der Waals surface area contributed by atoms with Crippen molar-refractivity contribution in [3.8, 4) is 5.75 Å². The molecule has 130 valence electrons. The lowest BCUT2D eigenvalue weighted by Gasteiger charge is -2.32. The van der Waals surface area contributed by atoms with E-state index in [1.54, 1.807) is 18.6 Å². The molecular weight excluding hydrogens is 316 g/mol. The van der Waals surface area contributed by atoms with Crippen LogP contribution in [0.4, 0.5) is 5.82 Å². The number of benzene rings is 1. The van der Waals surface area contributed by atoms with E-state index in [2.05, 4.69) is 20.2 Å². The van der Waals surface area contributed by atoms with Crippen LogP contribution in [0.1, 0.15) is 35.7 Å². The molecule has 1 atom stereocenters. The lowest BCUT2D eigenvalue weighted by molar-refractivity contribution is 0.0931. The number of aromatic nitrogens is 2. The molecule has 0 unspecified atom stereocenters. The van der Waals surface area contributed by atoms with Crippen LogP contribution in [0.3, 0.4) is 0 Å². The first-order valence-corrected chi connectivity index (χ1v) is 8.80. The van der Waals surface area contributed by atoms with Gasteiger partial charge in [0, 0.05) is 43.5 Å². The SMILES string of the molecule is C[C@@H]1Cc2cc(C(=O)NC3CCN(c4cnccn4)CC3)ccc2O1. The Morgan fingerprint density at radius 3 is 2.88 bits per heavy atom. The normalized spacial score (nSPS) is 20.0. The molecule has 2 aliphatic rings. The number of nitrogens with one attached hydrogen (secondary N) is 1.